The quantitative estimate of drug-likeness (QED) is 0.832. The molecule has 0 heterocycles. The summed E-state index contributed by atoms with van der Waals surface area (Å²) in [6, 6.07) is 4.36. The minimum absolute atomic E-state index is 0.0783. The summed E-state index contributed by atoms with van der Waals surface area (Å²) in [6.07, 6.45) is -0.546. The summed E-state index contributed by atoms with van der Waals surface area (Å²) in [5, 5.41) is 12.0. The number of benzene rings is 1. The number of aliphatic hydroxyl groups is 1. The molecule has 19 heavy (non-hydrogen) atoms. The van der Waals surface area contributed by atoms with Crippen LogP contribution in [0.1, 0.15) is 38.9 Å². The van der Waals surface area contributed by atoms with Crippen LogP contribution in [-0.4, -0.2) is 23.7 Å². The molecular weight excluding hydrogens is 249 g/mol. The average molecular weight is 269 g/mol. The van der Waals surface area contributed by atoms with Crippen molar-refractivity contribution in [3.8, 4) is 5.75 Å². The first-order valence-corrected chi connectivity index (χ1v) is 6.30. The molecule has 5 heteroatoms. The minimum Gasteiger partial charge on any atom is -0.490 e. The monoisotopic (exact) mass is 269 g/mol. The summed E-state index contributed by atoms with van der Waals surface area (Å²) < 4.78 is 18.8. The zero-order valence-corrected chi connectivity index (χ0v) is 11.4. The van der Waals surface area contributed by atoms with E-state index in [-0.39, 0.29) is 30.7 Å². The fourth-order valence-corrected chi connectivity index (χ4v) is 1.54. The molecule has 0 saturated carbocycles. The largest absolute Gasteiger partial charge is 0.490 e. The second-order valence-electron chi connectivity index (χ2n) is 4.69. The van der Waals surface area contributed by atoms with Crippen LogP contribution < -0.4 is 10.1 Å². The highest BCUT2D eigenvalue weighted by Gasteiger charge is 2.09. The zero-order chi connectivity index (χ0) is 14.4. The van der Waals surface area contributed by atoms with Gasteiger partial charge in [-0.15, -0.1) is 0 Å². The van der Waals surface area contributed by atoms with Gasteiger partial charge in [0, 0.05) is 6.04 Å². The lowest BCUT2D eigenvalue weighted by Gasteiger charge is -2.11. The summed E-state index contributed by atoms with van der Waals surface area (Å²) >= 11 is 0. The predicted molar refractivity (Wildman–Crippen MR) is 70.4 cm³/mol. The minimum atomic E-state index is -0.722. The van der Waals surface area contributed by atoms with E-state index in [1.165, 1.54) is 12.1 Å². The number of rotatable bonds is 6. The summed E-state index contributed by atoms with van der Waals surface area (Å²) in [5.41, 5.74) is 0.488. The van der Waals surface area contributed by atoms with E-state index in [9.17, 15) is 14.3 Å². The Morgan fingerprint density at radius 3 is 2.63 bits per heavy atom. The van der Waals surface area contributed by atoms with E-state index in [4.69, 9.17) is 4.74 Å². The van der Waals surface area contributed by atoms with Crippen molar-refractivity contribution in [2.24, 2.45) is 0 Å². The van der Waals surface area contributed by atoms with Crippen LogP contribution in [-0.2, 0) is 4.79 Å². The number of ether oxygens (including phenoxy) is 1. The Hall–Kier alpha value is -1.62. The highest BCUT2D eigenvalue weighted by molar-refractivity contribution is 5.76. The van der Waals surface area contributed by atoms with Gasteiger partial charge in [0.1, 0.15) is 0 Å². The Bertz CT molecular complexity index is 433. The summed E-state index contributed by atoms with van der Waals surface area (Å²) in [6.45, 7) is 5.41. The van der Waals surface area contributed by atoms with Gasteiger partial charge in [-0.3, -0.25) is 4.79 Å². The molecule has 0 saturated heterocycles. The van der Waals surface area contributed by atoms with Crippen LogP contribution in [0.4, 0.5) is 4.39 Å². The van der Waals surface area contributed by atoms with E-state index in [0.29, 0.717) is 5.56 Å². The van der Waals surface area contributed by atoms with E-state index in [2.05, 4.69) is 5.32 Å². The van der Waals surface area contributed by atoms with Gasteiger partial charge in [-0.05, 0) is 38.5 Å². The van der Waals surface area contributed by atoms with Gasteiger partial charge in [0.15, 0.2) is 11.6 Å². The summed E-state index contributed by atoms with van der Waals surface area (Å²) in [5.74, 6) is -0.583. The molecule has 0 radical (unpaired) electrons. The Labute approximate surface area is 112 Å². The second kappa shape index (κ2) is 7.09. The summed E-state index contributed by atoms with van der Waals surface area (Å²) in [7, 11) is 0. The molecule has 0 aromatic heterocycles. The number of nitrogens with one attached hydrogen (secondary N) is 1. The maximum absolute atomic E-state index is 13.6. The Morgan fingerprint density at radius 2 is 2.11 bits per heavy atom. The SMILES string of the molecule is CC(C)NC(=O)CCOc1ccc([C@H](C)O)cc1F. The van der Waals surface area contributed by atoms with Gasteiger partial charge in [-0.25, -0.2) is 4.39 Å². The fourth-order valence-electron chi connectivity index (χ4n) is 1.54. The van der Waals surface area contributed by atoms with Gasteiger partial charge in [0.2, 0.25) is 5.91 Å². The van der Waals surface area contributed by atoms with Crippen LogP contribution in [0.3, 0.4) is 0 Å². The number of amides is 1. The van der Waals surface area contributed by atoms with E-state index in [1.807, 2.05) is 13.8 Å². The van der Waals surface area contributed by atoms with Crippen LogP contribution in [0.15, 0.2) is 18.2 Å². The van der Waals surface area contributed by atoms with E-state index >= 15 is 0 Å². The third-order valence-corrected chi connectivity index (χ3v) is 2.47. The van der Waals surface area contributed by atoms with Crippen LogP contribution in [0.25, 0.3) is 0 Å². The molecule has 1 rings (SSSR count). The van der Waals surface area contributed by atoms with Crippen molar-refractivity contribution >= 4 is 5.91 Å². The molecule has 0 fully saturated rings. The third kappa shape index (κ3) is 5.26. The fraction of sp³-hybridized carbons (Fsp3) is 0.500. The maximum atomic E-state index is 13.6. The first kappa shape index (κ1) is 15.4. The molecule has 1 aromatic carbocycles. The highest BCUT2D eigenvalue weighted by atomic mass is 19.1. The van der Waals surface area contributed by atoms with E-state index < -0.39 is 11.9 Å². The van der Waals surface area contributed by atoms with E-state index in [1.54, 1.807) is 13.0 Å². The highest BCUT2D eigenvalue weighted by Crippen LogP contribution is 2.21. The molecule has 106 valence electrons. The number of carbonyl (C=O) groups is 1. The van der Waals surface area contributed by atoms with Crippen molar-refractivity contribution in [3.63, 3.8) is 0 Å². The van der Waals surface area contributed by atoms with E-state index in [0.717, 1.165) is 0 Å². The first-order valence-electron chi connectivity index (χ1n) is 6.30. The molecule has 0 bridgehead atoms. The van der Waals surface area contributed by atoms with Gasteiger partial charge in [-0.1, -0.05) is 6.07 Å². The second-order valence-corrected chi connectivity index (χ2v) is 4.69. The van der Waals surface area contributed by atoms with Gasteiger partial charge in [0.05, 0.1) is 19.1 Å². The van der Waals surface area contributed by atoms with Gasteiger partial charge in [0.25, 0.3) is 0 Å². The van der Waals surface area contributed by atoms with Crippen LogP contribution in [0, 0.1) is 5.82 Å². The predicted octanol–water partition coefficient (Wildman–Crippen LogP) is 2.17. The van der Waals surface area contributed by atoms with Gasteiger partial charge in [-0.2, -0.15) is 0 Å². The molecule has 0 aliphatic rings. The van der Waals surface area contributed by atoms with Crippen LogP contribution in [0.2, 0.25) is 0 Å². The normalized spacial score (nSPS) is 12.3. The lowest BCUT2D eigenvalue weighted by molar-refractivity contribution is -0.122. The number of carbonyl (C=O) groups excluding carboxylic acids is 1. The third-order valence-electron chi connectivity index (χ3n) is 2.47. The van der Waals surface area contributed by atoms with Crippen molar-refractivity contribution in [3.05, 3.63) is 29.6 Å². The molecule has 2 N–H and O–H groups in total. The molecule has 1 atom stereocenters. The standard InChI is InChI=1S/C14H20FNO3/c1-9(2)16-14(18)6-7-19-13-5-4-11(10(3)17)8-12(13)15/h4-5,8-10,17H,6-7H2,1-3H3,(H,16,18)/t10-/m0/s1. The van der Waals surface area contributed by atoms with Gasteiger partial charge >= 0.3 is 0 Å². The Balaban J connectivity index is 2.48. The van der Waals surface area contributed by atoms with Crippen LogP contribution >= 0.6 is 0 Å². The van der Waals surface area contributed by atoms with Crippen molar-refractivity contribution in [1.29, 1.82) is 0 Å². The molecule has 1 aromatic rings. The topological polar surface area (TPSA) is 58.6 Å². The lowest BCUT2D eigenvalue weighted by Crippen LogP contribution is -2.31. The number of hydrogen-bond donors (Lipinski definition) is 2. The van der Waals surface area contributed by atoms with Crippen LogP contribution in [0.5, 0.6) is 5.75 Å². The van der Waals surface area contributed by atoms with Crippen molar-refractivity contribution in [1.82, 2.24) is 5.32 Å². The number of halogens is 1. The molecule has 1 amide bonds. The average Bonchev–Trinajstić information content (AvgIpc) is 2.29. The molecule has 0 aliphatic carbocycles. The lowest BCUT2D eigenvalue weighted by atomic mass is 10.1. The Morgan fingerprint density at radius 1 is 1.42 bits per heavy atom. The smallest absolute Gasteiger partial charge is 0.223 e. The summed E-state index contributed by atoms with van der Waals surface area (Å²) in [4.78, 5) is 11.4. The van der Waals surface area contributed by atoms with Crippen molar-refractivity contribution in [2.45, 2.75) is 39.3 Å². The van der Waals surface area contributed by atoms with Crippen molar-refractivity contribution in [2.75, 3.05) is 6.61 Å². The Kier molecular flexibility index (Phi) is 5.76. The van der Waals surface area contributed by atoms with Crippen molar-refractivity contribution < 1.29 is 19.0 Å². The molecule has 0 spiro atoms. The molecule has 4 nitrogen and oxygen atoms in total. The number of aliphatic hydroxyl groups excluding tert-OH is 1. The maximum Gasteiger partial charge on any atom is 0.223 e. The molecule has 0 aliphatic heterocycles. The number of hydrogen-bond acceptors (Lipinski definition) is 3. The molecular formula is C14H20FNO3. The zero-order valence-electron chi connectivity index (χ0n) is 11.4. The molecule has 0 unspecified atom stereocenters. The first-order chi connectivity index (χ1) is 8.90. The van der Waals surface area contributed by atoms with Gasteiger partial charge < -0.3 is 15.2 Å².